The Balaban J connectivity index is 1.42. The molecule has 4 aromatic rings. The normalized spacial score (nSPS) is 10.9. The molecule has 158 valence electrons. The monoisotopic (exact) mass is 448 g/mol. The molecule has 0 aliphatic rings. The van der Waals surface area contributed by atoms with Gasteiger partial charge >= 0.3 is 0 Å². The van der Waals surface area contributed by atoms with Gasteiger partial charge in [0.25, 0.3) is 0 Å². The van der Waals surface area contributed by atoms with Gasteiger partial charge < -0.3 is 9.64 Å². The van der Waals surface area contributed by atoms with Gasteiger partial charge in [-0.1, -0.05) is 84.4 Å². The van der Waals surface area contributed by atoms with E-state index < -0.39 is 0 Å². The van der Waals surface area contributed by atoms with E-state index in [0.29, 0.717) is 13.2 Å². The first-order valence-corrected chi connectivity index (χ1v) is 11.7. The molecule has 0 unspecified atom stereocenters. The molecular weight excluding hydrogens is 424 g/mol. The van der Waals surface area contributed by atoms with Gasteiger partial charge in [0.05, 0.1) is 18.9 Å². The number of ether oxygens (including phenoxy) is 1. The molecule has 3 aromatic carbocycles. The van der Waals surface area contributed by atoms with Crippen LogP contribution in [0.5, 0.6) is 0 Å². The summed E-state index contributed by atoms with van der Waals surface area (Å²) in [5, 5.41) is 3.86. The molecule has 0 fully saturated rings. The molecule has 0 spiro atoms. The summed E-state index contributed by atoms with van der Waals surface area (Å²) >= 11 is 7.70. The summed E-state index contributed by atoms with van der Waals surface area (Å²) in [5.41, 5.74) is 4.58. The number of rotatable bonds is 10. The first kappa shape index (κ1) is 21.6. The summed E-state index contributed by atoms with van der Waals surface area (Å²) < 4.78 is 5.95. The zero-order valence-corrected chi connectivity index (χ0v) is 18.9. The van der Waals surface area contributed by atoms with Gasteiger partial charge in [-0.2, -0.15) is 0 Å². The van der Waals surface area contributed by atoms with Crippen LogP contribution in [0.3, 0.4) is 0 Å². The summed E-state index contributed by atoms with van der Waals surface area (Å²) in [4.78, 5) is 7.23. The number of aromatic nitrogens is 1. The van der Waals surface area contributed by atoms with E-state index in [0.717, 1.165) is 40.9 Å². The number of hydrogen-bond acceptors (Lipinski definition) is 4. The van der Waals surface area contributed by atoms with Crippen molar-refractivity contribution in [2.75, 3.05) is 24.6 Å². The molecule has 0 aliphatic carbocycles. The number of thiazole rings is 1. The van der Waals surface area contributed by atoms with E-state index >= 15 is 0 Å². The van der Waals surface area contributed by atoms with Gasteiger partial charge in [-0.3, -0.25) is 0 Å². The van der Waals surface area contributed by atoms with Crippen molar-refractivity contribution >= 4 is 28.1 Å². The summed E-state index contributed by atoms with van der Waals surface area (Å²) in [6.45, 7) is 2.97. The second-order valence-electron chi connectivity index (χ2n) is 7.28. The van der Waals surface area contributed by atoms with E-state index in [4.69, 9.17) is 21.3 Å². The third-order valence-corrected chi connectivity index (χ3v) is 6.19. The quantitative estimate of drug-likeness (QED) is 0.251. The molecule has 1 aromatic heterocycles. The highest BCUT2D eigenvalue weighted by Gasteiger charge is 2.13. The van der Waals surface area contributed by atoms with Crippen LogP contribution in [0.4, 0.5) is 5.13 Å². The topological polar surface area (TPSA) is 25.4 Å². The molecule has 1 heterocycles. The number of anilines is 1. The maximum atomic E-state index is 6.03. The van der Waals surface area contributed by atoms with Gasteiger partial charge in [0.2, 0.25) is 0 Å². The van der Waals surface area contributed by atoms with E-state index in [-0.39, 0.29) is 0 Å². The second kappa shape index (κ2) is 11.1. The number of nitrogens with zero attached hydrogens (tertiary/aromatic N) is 2. The van der Waals surface area contributed by atoms with Crippen LogP contribution < -0.4 is 4.90 Å². The molecule has 0 saturated carbocycles. The number of benzene rings is 3. The van der Waals surface area contributed by atoms with Gasteiger partial charge in [-0.25, -0.2) is 4.98 Å². The molecule has 0 aliphatic heterocycles. The zero-order valence-electron chi connectivity index (χ0n) is 17.3. The molecule has 3 nitrogen and oxygen atoms in total. The predicted octanol–water partition coefficient (Wildman–Crippen LogP) is 6.73. The van der Waals surface area contributed by atoms with Gasteiger partial charge in [0.1, 0.15) is 0 Å². The standard InChI is InChI=1S/C26H25ClN2OS/c27-24-13-11-23(12-14-24)25-20-31-26(28-25)29(16-15-21-7-3-1-4-8-21)17-18-30-19-22-9-5-2-6-10-22/h1-14,20H,15-19H2. The Bertz CT molecular complexity index is 1050. The largest absolute Gasteiger partial charge is 0.375 e. The number of halogens is 1. The molecule has 0 saturated heterocycles. The average Bonchev–Trinajstić information content (AvgIpc) is 3.30. The van der Waals surface area contributed by atoms with E-state index in [1.165, 1.54) is 11.1 Å². The third-order valence-electron chi connectivity index (χ3n) is 5.03. The van der Waals surface area contributed by atoms with Gasteiger partial charge in [0.15, 0.2) is 5.13 Å². The fourth-order valence-corrected chi connectivity index (χ4v) is 4.33. The fourth-order valence-electron chi connectivity index (χ4n) is 3.31. The summed E-state index contributed by atoms with van der Waals surface area (Å²) in [6, 6.07) is 28.7. The van der Waals surface area contributed by atoms with Crippen LogP contribution in [0.25, 0.3) is 11.3 Å². The molecule has 5 heteroatoms. The van der Waals surface area contributed by atoms with E-state index in [1.807, 2.05) is 42.5 Å². The lowest BCUT2D eigenvalue weighted by atomic mass is 10.1. The Kier molecular flexibility index (Phi) is 7.72. The van der Waals surface area contributed by atoms with E-state index in [2.05, 4.69) is 52.7 Å². The van der Waals surface area contributed by atoms with E-state index in [9.17, 15) is 0 Å². The Morgan fingerprint density at radius 2 is 1.48 bits per heavy atom. The van der Waals surface area contributed by atoms with Crippen molar-refractivity contribution in [3.05, 3.63) is 106 Å². The Hall–Kier alpha value is -2.66. The van der Waals surface area contributed by atoms with Gasteiger partial charge in [0, 0.05) is 29.1 Å². The van der Waals surface area contributed by atoms with Crippen LogP contribution in [-0.4, -0.2) is 24.7 Å². The van der Waals surface area contributed by atoms with Gasteiger partial charge in [-0.05, 0) is 29.7 Å². The molecule has 0 N–H and O–H groups in total. The highest BCUT2D eigenvalue weighted by molar-refractivity contribution is 7.14. The minimum Gasteiger partial charge on any atom is -0.375 e. The lowest BCUT2D eigenvalue weighted by Gasteiger charge is -2.22. The van der Waals surface area contributed by atoms with Crippen molar-refractivity contribution in [3.63, 3.8) is 0 Å². The van der Waals surface area contributed by atoms with Crippen LogP contribution in [0.15, 0.2) is 90.3 Å². The lowest BCUT2D eigenvalue weighted by Crippen LogP contribution is -2.29. The molecule has 4 rings (SSSR count). The van der Waals surface area contributed by atoms with Gasteiger partial charge in [-0.15, -0.1) is 11.3 Å². The van der Waals surface area contributed by atoms with Crippen molar-refractivity contribution in [3.8, 4) is 11.3 Å². The van der Waals surface area contributed by atoms with Crippen LogP contribution >= 0.6 is 22.9 Å². The average molecular weight is 449 g/mol. The van der Waals surface area contributed by atoms with Crippen LogP contribution in [0.2, 0.25) is 5.02 Å². The Morgan fingerprint density at radius 3 is 2.19 bits per heavy atom. The molecular formula is C26H25ClN2OS. The Morgan fingerprint density at radius 1 is 0.806 bits per heavy atom. The molecule has 0 radical (unpaired) electrons. The first-order chi connectivity index (χ1) is 15.3. The van der Waals surface area contributed by atoms with Crippen molar-refractivity contribution in [1.82, 2.24) is 4.98 Å². The predicted molar refractivity (Wildman–Crippen MR) is 131 cm³/mol. The van der Waals surface area contributed by atoms with Crippen molar-refractivity contribution < 1.29 is 4.74 Å². The van der Waals surface area contributed by atoms with E-state index in [1.54, 1.807) is 11.3 Å². The van der Waals surface area contributed by atoms with Crippen LogP contribution in [0, 0.1) is 0 Å². The van der Waals surface area contributed by atoms with Crippen LogP contribution in [0.1, 0.15) is 11.1 Å². The van der Waals surface area contributed by atoms with Crippen LogP contribution in [-0.2, 0) is 17.8 Å². The van der Waals surface area contributed by atoms with Crippen molar-refractivity contribution in [2.45, 2.75) is 13.0 Å². The molecule has 0 bridgehead atoms. The maximum absolute atomic E-state index is 6.03. The highest BCUT2D eigenvalue weighted by Crippen LogP contribution is 2.28. The zero-order chi connectivity index (χ0) is 21.3. The molecule has 31 heavy (non-hydrogen) atoms. The summed E-state index contributed by atoms with van der Waals surface area (Å²) in [5.74, 6) is 0. The first-order valence-electron chi connectivity index (χ1n) is 10.4. The lowest BCUT2D eigenvalue weighted by molar-refractivity contribution is 0.127. The Labute approximate surface area is 192 Å². The summed E-state index contributed by atoms with van der Waals surface area (Å²) in [6.07, 6.45) is 0.968. The molecule has 0 amide bonds. The van der Waals surface area contributed by atoms with Crippen molar-refractivity contribution in [2.24, 2.45) is 0 Å². The highest BCUT2D eigenvalue weighted by atomic mass is 35.5. The minimum absolute atomic E-state index is 0.626. The fraction of sp³-hybridized carbons (Fsp3) is 0.192. The molecule has 0 atom stereocenters. The third kappa shape index (κ3) is 6.41. The maximum Gasteiger partial charge on any atom is 0.185 e. The smallest absolute Gasteiger partial charge is 0.185 e. The van der Waals surface area contributed by atoms with Crippen molar-refractivity contribution in [1.29, 1.82) is 0 Å². The second-order valence-corrected chi connectivity index (χ2v) is 8.56. The summed E-state index contributed by atoms with van der Waals surface area (Å²) in [7, 11) is 0. The SMILES string of the molecule is Clc1ccc(-c2csc(N(CCOCc3ccccc3)CCc3ccccc3)n2)cc1. The minimum atomic E-state index is 0.626. The number of hydrogen-bond donors (Lipinski definition) is 0.